The lowest BCUT2D eigenvalue weighted by molar-refractivity contribution is 0.0493. The van der Waals surface area contributed by atoms with Gasteiger partial charge in [-0.3, -0.25) is 0 Å². The van der Waals surface area contributed by atoms with Crippen LogP contribution in [0.1, 0.15) is 20.3 Å². The van der Waals surface area contributed by atoms with Gasteiger partial charge in [0.15, 0.2) is 0 Å². The minimum absolute atomic E-state index is 0.0408. The first kappa shape index (κ1) is 9.21. The molecule has 0 amide bonds. The summed E-state index contributed by atoms with van der Waals surface area (Å²) in [5, 5.41) is 0. The number of rotatable bonds is 4. The largest absolute Gasteiger partial charge is 0.254 e. The van der Waals surface area contributed by atoms with E-state index in [4.69, 9.17) is 0 Å². The summed E-state index contributed by atoms with van der Waals surface area (Å²) in [5.41, 5.74) is 0. The van der Waals surface area contributed by atoms with Gasteiger partial charge >= 0.3 is 0 Å². The molecule has 3 heteroatoms. The molecule has 9 heavy (non-hydrogen) atoms. The molecule has 0 rings (SSSR count). The summed E-state index contributed by atoms with van der Waals surface area (Å²) >= 11 is 1.31. The van der Waals surface area contributed by atoms with Crippen molar-refractivity contribution in [2.75, 3.05) is 11.5 Å². The predicted octanol–water partition coefficient (Wildman–Crippen LogP) is 2.78. The van der Waals surface area contributed by atoms with E-state index in [-0.39, 0.29) is 5.75 Å². The Morgan fingerprint density at radius 2 is 2.00 bits per heavy atom. The van der Waals surface area contributed by atoms with Crippen LogP contribution in [0.5, 0.6) is 0 Å². The molecule has 56 valence electrons. The minimum atomic E-state index is -2.49. The highest BCUT2D eigenvalue weighted by Gasteiger charge is 2.19. The number of hydrogen-bond donors (Lipinski definition) is 0. The molecule has 0 aromatic rings. The first-order chi connectivity index (χ1) is 4.06. The van der Waals surface area contributed by atoms with Crippen LogP contribution < -0.4 is 0 Å². The molecule has 0 bridgehead atoms. The second kappa shape index (κ2) is 4.09. The summed E-state index contributed by atoms with van der Waals surface area (Å²) in [4.78, 5) is 0. The van der Waals surface area contributed by atoms with Gasteiger partial charge in [-0.15, -0.1) is 0 Å². The molecule has 0 aliphatic heterocycles. The molecular weight excluding hydrogens is 142 g/mol. The summed E-state index contributed by atoms with van der Waals surface area (Å²) in [6.07, 6.45) is 0.973. The molecule has 0 unspecified atom stereocenters. The van der Waals surface area contributed by atoms with Crippen LogP contribution in [-0.4, -0.2) is 17.4 Å². The average Bonchev–Trinajstić information content (AvgIpc) is 1.63. The number of thioether (sulfide) groups is 1. The number of hydrogen-bond acceptors (Lipinski definition) is 1. The van der Waals surface area contributed by atoms with Gasteiger partial charge in [-0.05, 0) is 12.2 Å². The minimum Gasteiger partial charge on any atom is -0.206 e. The zero-order chi connectivity index (χ0) is 7.33. The highest BCUT2D eigenvalue weighted by molar-refractivity contribution is 7.99. The van der Waals surface area contributed by atoms with Gasteiger partial charge in [0.1, 0.15) is 0 Å². The lowest BCUT2D eigenvalue weighted by Gasteiger charge is -2.07. The van der Waals surface area contributed by atoms with Crippen LogP contribution in [-0.2, 0) is 0 Å². The van der Waals surface area contributed by atoms with Crippen molar-refractivity contribution in [3.05, 3.63) is 0 Å². The maximum Gasteiger partial charge on any atom is 0.254 e. The Labute approximate surface area is 59.0 Å². The summed E-state index contributed by atoms with van der Waals surface area (Å²) in [5.74, 6) is -1.69. The highest BCUT2D eigenvalue weighted by Crippen LogP contribution is 2.18. The maximum absolute atomic E-state index is 12.0. The van der Waals surface area contributed by atoms with Gasteiger partial charge < -0.3 is 0 Å². The van der Waals surface area contributed by atoms with Crippen molar-refractivity contribution in [2.24, 2.45) is 0 Å². The van der Waals surface area contributed by atoms with E-state index in [1.807, 2.05) is 6.92 Å². The quantitative estimate of drug-likeness (QED) is 0.561. The van der Waals surface area contributed by atoms with Crippen LogP contribution in [0.2, 0.25) is 0 Å². The normalized spacial score (nSPS) is 12.0. The fraction of sp³-hybridized carbons (Fsp3) is 1.00. The molecule has 0 spiro atoms. The Kier molecular flexibility index (Phi) is 4.19. The second-order valence-corrected chi connectivity index (χ2v) is 3.23. The van der Waals surface area contributed by atoms with Crippen LogP contribution in [0.15, 0.2) is 0 Å². The molecule has 0 aromatic carbocycles. The smallest absolute Gasteiger partial charge is 0.206 e. The zero-order valence-corrected chi connectivity index (χ0v) is 6.60. The molecule has 0 radical (unpaired) electrons. The average molecular weight is 154 g/mol. The van der Waals surface area contributed by atoms with Crippen molar-refractivity contribution in [3.8, 4) is 0 Å². The summed E-state index contributed by atoms with van der Waals surface area (Å²) < 4.78 is 24.0. The Morgan fingerprint density at radius 1 is 1.44 bits per heavy atom. The van der Waals surface area contributed by atoms with Crippen LogP contribution >= 0.6 is 11.8 Å². The van der Waals surface area contributed by atoms with Crippen molar-refractivity contribution in [1.82, 2.24) is 0 Å². The molecule has 0 N–H and O–H groups in total. The van der Waals surface area contributed by atoms with Gasteiger partial charge in [0.25, 0.3) is 5.92 Å². The number of alkyl halides is 2. The Morgan fingerprint density at radius 3 is 2.33 bits per heavy atom. The summed E-state index contributed by atoms with van der Waals surface area (Å²) in [6, 6.07) is 0. The van der Waals surface area contributed by atoms with Crippen LogP contribution in [0.4, 0.5) is 8.78 Å². The van der Waals surface area contributed by atoms with Crippen molar-refractivity contribution < 1.29 is 8.78 Å². The van der Waals surface area contributed by atoms with Crippen molar-refractivity contribution in [2.45, 2.75) is 26.2 Å². The van der Waals surface area contributed by atoms with E-state index in [1.54, 1.807) is 0 Å². The van der Waals surface area contributed by atoms with Crippen molar-refractivity contribution in [3.63, 3.8) is 0 Å². The molecule has 0 fully saturated rings. The van der Waals surface area contributed by atoms with Gasteiger partial charge in [-0.25, -0.2) is 8.78 Å². The Bertz CT molecular complexity index is 67.9. The standard InChI is InChI=1S/C6H12F2S/c1-3-4-9-5-6(2,7)8/h3-5H2,1-2H3. The van der Waals surface area contributed by atoms with E-state index >= 15 is 0 Å². The first-order valence-corrected chi connectivity index (χ1v) is 4.17. The number of halogens is 2. The lowest BCUT2D eigenvalue weighted by atomic mass is 10.5. The highest BCUT2D eigenvalue weighted by atomic mass is 32.2. The molecule has 0 atom stereocenters. The van der Waals surface area contributed by atoms with Crippen LogP contribution in [0, 0.1) is 0 Å². The van der Waals surface area contributed by atoms with Crippen LogP contribution in [0.3, 0.4) is 0 Å². The van der Waals surface area contributed by atoms with E-state index < -0.39 is 5.92 Å². The van der Waals surface area contributed by atoms with E-state index in [0.29, 0.717) is 0 Å². The van der Waals surface area contributed by atoms with E-state index in [1.165, 1.54) is 11.8 Å². The molecule has 0 aliphatic rings. The maximum atomic E-state index is 12.0. The van der Waals surface area contributed by atoms with Crippen molar-refractivity contribution in [1.29, 1.82) is 0 Å². The summed E-state index contributed by atoms with van der Waals surface area (Å²) in [6.45, 7) is 2.94. The lowest BCUT2D eigenvalue weighted by Crippen LogP contribution is -2.13. The molecular formula is C6H12F2S. The first-order valence-electron chi connectivity index (χ1n) is 3.02. The monoisotopic (exact) mass is 154 g/mol. The molecule has 0 heterocycles. The van der Waals surface area contributed by atoms with Gasteiger partial charge in [-0.1, -0.05) is 6.92 Å². The van der Waals surface area contributed by atoms with Gasteiger partial charge in [0.2, 0.25) is 0 Å². The fourth-order valence-electron chi connectivity index (χ4n) is 0.396. The zero-order valence-electron chi connectivity index (χ0n) is 5.79. The second-order valence-electron chi connectivity index (χ2n) is 2.12. The third-order valence-electron chi connectivity index (χ3n) is 0.704. The third-order valence-corrected chi connectivity index (χ3v) is 2.11. The Balaban J connectivity index is 3.07. The van der Waals surface area contributed by atoms with Gasteiger partial charge in [-0.2, -0.15) is 11.8 Å². The van der Waals surface area contributed by atoms with Crippen molar-refractivity contribution >= 4 is 11.8 Å². The molecule has 0 saturated heterocycles. The van der Waals surface area contributed by atoms with E-state index in [2.05, 4.69) is 0 Å². The third kappa shape index (κ3) is 8.21. The van der Waals surface area contributed by atoms with E-state index in [9.17, 15) is 8.78 Å². The fourth-order valence-corrected chi connectivity index (χ4v) is 1.19. The Hall–Kier alpha value is 0.210. The van der Waals surface area contributed by atoms with E-state index in [0.717, 1.165) is 19.1 Å². The molecule has 0 aliphatic carbocycles. The summed E-state index contributed by atoms with van der Waals surface area (Å²) in [7, 11) is 0. The molecule has 0 nitrogen and oxygen atoms in total. The topological polar surface area (TPSA) is 0 Å². The SMILES string of the molecule is CCCSCC(C)(F)F. The molecule has 0 saturated carbocycles. The predicted molar refractivity (Wildman–Crippen MR) is 38.2 cm³/mol. The van der Waals surface area contributed by atoms with Crippen LogP contribution in [0.25, 0.3) is 0 Å². The van der Waals surface area contributed by atoms with Gasteiger partial charge in [0.05, 0.1) is 5.75 Å². The van der Waals surface area contributed by atoms with Gasteiger partial charge in [0, 0.05) is 6.92 Å². The molecule has 0 aromatic heterocycles.